The maximum atomic E-state index is 10.1. The van der Waals surface area contributed by atoms with Gasteiger partial charge in [0.1, 0.15) is 0 Å². The molecule has 20 atom stereocenters. The van der Waals surface area contributed by atoms with Crippen molar-refractivity contribution in [3.8, 4) is 6.07 Å². The first-order valence-electron chi connectivity index (χ1n) is 27.4. The molecular formula is C58H87N. The van der Waals surface area contributed by atoms with Crippen molar-refractivity contribution in [1.82, 2.24) is 0 Å². The molecule has 9 saturated carbocycles. The van der Waals surface area contributed by atoms with E-state index in [2.05, 4.69) is 52.0 Å². The fraction of sp³-hybridized carbons (Fsp3) is 0.879. The summed E-state index contributed by atoms with van der Waals surface area (Å²) in [6, 6.07) is 2.77. The molecule has 20 unspecified atom stereocenters. The molecule has 0 aromatic heterocycles. The van der Waals surface area contributed by atoms with Crippen LogP contribution in [-0.4, -0.2) is 0 Å². The number of fused-ring (bicyclic) bond motifs is 8. The molecule has 324 valence electrons. The maximum absolute atomic E-state index is 10.1. The zero-order chi connectivity index (χ0) is 39.9. The zero-order valence-corrected chi connectivity index (χ0v) is 38.6. The minimum absolute atomic E-state index is 0.319. The van der Waals surface area contributed by atoms with E-state index in [1.165, 1.54) is 103 Å². The van der Waals surface area contributed by atoms with Crippen LogP contribution in [0, 0.1) is 142 Å². The number of hydrogen-bond acceptors (Lipinski definition) is 1. The van der Waals surface area contributed by atoms with Crippen molar-refractivity contribution in [2.24, 2.45) is 130 Å². The summed E-state index contributed by atoms with van der Waals surface area (Å²) in [7, 11) is 0. The third kappa shape index (κ3) is 6.91. The highest BCUT2D eigenvalue weighted by Gasteiger charge is 2.65. The van der Waals surface area contributed by atoms with Gasteiger partial charge in [-0.25, -0.2) is 0 Å². The van der Waals surface area contributed by atoms with Crippen molar-refractivity contribution in [3.63, 3.8) is 0 Å². The van der Waals surface area contributed by atoms with Crippen molar-refractivity contribution in [1.29, 1.82) is 5.26 Å². The van der Waals surface area contributed by atoms with Gasteiger partial charge >= 0.3 is 0 Å². The first-order valence-corrected chi connectivity index (χ1v) is 27.4. The van der Waals surface area contributed by atoms with Crippen LogP contribution in [0.15, 0.2) is 34.9 Å². The summed E-state index contributed by atoms with van der Waals surface area (Å²) < 4.78 is 0. The fourth-order valence-electron chi connectivity index (χ4n) is 20.6. The van der Waals surface area contributed by atoms with Crippen LogP contribution >= 0.6 is 0 Å². The lowest BCUT2D eigenvalue weighted by atomic mass is 9.48. The van der Waals surface area contributed by atoms with Crippen molar-refractivity contribution in [3.05, 3.63) is 34.9 Å². The van der Waals surface area contributed by atoms with Gasteiger partial charge < -0.3 is 0 Å². The molecule has 0 amide bonds. The van der Waals surface area contributed by atoms with Crippen LogP contribution in [0.5, 0.6) is 0 Å². The summed E-state index contributed by atoms with van der Waals surface area (Å²) >= 11 is 0. The van der Waals surface area contributed by atoms with Gasteiger partial charge in [0, 0.05) is 11.8 Å². The fourth-order valence-corrected chi connectivity index (χ4v) is 20.6. The van der Waals surface area contributed by atoms with Gasteiger partial charge in [0.15, 0.2) is 0 Å². The minimum Gasteiger partial charge on any atom is -0.198 e. The van der Waals surface area contributed by atoms with E-state index in [9.17, 15) is 5.26 Å². The second-order valence-corrected chi connectivity index (χ2v) is 25.0. The van der Waals surface area contributed by atoms with Gasteiger partial charge in [-0.1, -0.05) is 115 Å². The highest BCUT2D eigenvalue weighted by atomic mass is 14.7. The van der Waals surface area contributed by atoms with Crippen molar-refractivity contribution >= 4 is 0 Å². The van der Waals surface area contributed by atoms with Gasteiger partial charge in [0.05, 0.1) is 6.07 Å². The van der Waals surface area contributed by atoms with Gasteiger partial charge in [0.25, 0.3) is 0 Å². The van der Waals surface area contributed by atoms with Crippen LogP contribution in [0.3, 0.4) is 0 Å². The normalized spacial score (nSPS) is 50.4. The number of hydrogen-bond donors (Lipinski definition) is 0. The molecular weight excluding hydrogens is 711 g/mol. The van der Waals surface area contributed by atoms with E-state index in [-0.39, 0.29) is 0 Å². The Bertz CT molecular complexity index is 1640. The molecule has 0 aromatic rings. The Morgan fingerprint density at radius 1 is 0.593 bits per heavy atom. The van der Waals surface area contributed by atoms with Crippen LogP contribution in [0.2, 0.25) is 0 Å². The SMILES string of the molecule is CCC(C)C1CCC(C2C3CC4C5=CC=CC6=C(C7CCCCC7)CCC(C56)C4CC3C3CC(C4CCC(C#N)CC4C)C4CC(C5CCCCC5)CCC4C32)C(C)C1. The van der Waals surface area contributed by atoms with E-state index in [0.29, 0.717) is 5.92 Å². The van der Waals surface area contributed by atoms with Crippen molar-refractivity contribution in [2.75, 3.05) is 0 Å². The van der Waals surface area contributed by atoms with Crippen LogP contribution in [0.4, 0.5) is 0 Å². The molecule has 0 N–H and O–H groups in total. The maximum Gasteiger partial charge on any atom is 0.0655 e. The number of nitriles is 1. The molecule has 0 saturated heterocycles. The summed E-state index contributed by atoms with van der Waals surface area (Å²) in [6.07, 6.45) is 45.1. The summed E-state index contributed by atoms with van der Waals surface area (Å²) in [6.45, 7) is 10.5. The van der Waals surface area contributed by atoms with Crippen LogP contribution in [0.25, 0.3) is 0 Å². The monoisotopic (exact) mass is 798 g/mol. The predicted molar refractivity (Wildman–Crippen MR) is 245 cm³/mol. The average molecular weight is 798 g/mol. The Morgan fingerprint density at radius 2 is 1.27 bits per heavy atom. The van der Waals surface area contributed by atoms with E-state index in [1.807, 2.05) is 16.7 Å². The smallest absolute Gasteiger partial charge is 0.0655 e. The molecule has 0 spiro atoms. The summed E-state index contributed by atoms with van der Waals surface area (Å²) in [5.41, 5.74) is 5.77. The summed E-state index contributed by atoms with van der Waals surface area (Å²) in [5.74, 6) is 20.1. The number of rotatable bonds is 6. The second kappa shape index (κ2) is 16.7. The van der Waals surface area contributed by atoms with Gasteiger partial charge in [-0.15, -0.1) is 0 Å². The molecule has 0 bridgehead atoms. The molecule has 11 rings (SSSR count). The second-order valence-electron chi connectivity index (χ2n) is 25.0. The quantitative estimate of drug-likeness (QED) is 0.263. The van der Waals surface area contributed by atoms with Crippen LogP contribution in [-0.2, 0) is 0 Å². The Labute approximate surface area is 363 Å². The molecule has 9 fully saturated rings. The summed E-state index contributed by atoms with van der Waals surface area (Å²) in [5, 5.41) is 10.1. The first-order chi connectivity index (χ1) is 28.9. The van der Waals surface area contributed by atoms with Crippen LogP contribution < -0.4 is 0 Å². The Hall–Kier alpha value is -1.29. The molecule has 0 aliphatic heterocycles. The molecule has 0 heterocycles. The van der Waals surface area contributed by atoms with Gasteiger partial charge in [-0.3, -0.25) is 0 Å². The first kappa shape index (κ1) is 40.5. The van der Waals surface area contributed by atoms with Gasteiger partial charge in [0.2, 0.25) is 0 Å². The molecule has 11 aliphatic rings. The Morgan fingerprint density at radius 3 is 2.03 bits per heavy atom. The Kier molecular flexibility index (Phi) is 11.4. The van der Waals surface area contributed by atoms with E-state index in [0.717, 1.165) is 124 Å². The molecule has 0 aromatic carbocycles. The predicted octanol–water partition coefficient (Wildman–Crippen LogP) is 15.8. The molecule has 1 heteroatoms. The third-order valence-electron chi connectivity index (χ3n) is 23.1. The third-order valence-corrected chi connectivity index (χ3v) is 23.1. The lowest BCUT2D eigenvalue weighted by molar-refractivity contribution is -0.0793. The lowest BCUT2D eigenvalue weighted by Crippen LogP contribution is -2.50. The van der Waals surface area contributed by atoms with E-state index >= 15 is 0 Å². The van der Waals surface area contributed by atoms with E-state index in [1.54, 1.807) is 57.8 Å². The van der Waals surface area contributed by atoms with Crippen molar-refractivity contribution < 1.29 is 0 Å². The lowest BCUT2D eigenvalue weighted by Gasteiger charge is -2.57. The van der Waals surface area contributed by atoms with Crippen LogP contribution in [0.1, 0.15) is 188 Å². The summed E-state index contributed by atoms with van der Waals surface area (Å²) in [4.78, 5) is 0. The van der Waals surface area contributed by atoms with E-state index < -0.39 is 0 Å². The molecule has 0 radical (unpaired) electrons. The largest absolute Gasteiger partial charge is 0.198 e. The van der Waals surface area contributed by atoms with E-state index in [4.69, 9.17) is 0 Å². The molecule has 1 nitrogen and oxygen atoms in total. The molecule has 11 aliphatic carbocycles. The number of allylic oxidation sites excluding steroid dienone is 6. The topological polar surface area (TPSA) is 23.8 Å². The van der Waals surface area contributed by atoms with Crippen molar-refractivity contribution in [2.45, 2.75) is 188 Å². The minimum atomic E-state index is 0.319. The molecule has 59 heavy (non-hydrogen) atoms. The highest BCUT2D eigenvalue weighted by molar-refractivity contribution is 5.48. The van der Waals surface area contributed by atoms with Gasteiger partial charge in [-0.05, 0) is 227 Å². The zero-order valence-electron chi connectivity index (χ0n) is 38.6. The van der Waals surface area contributed by atoms with Gasteiger partial charge in [-0.2, -0.15) is 5.26 Å². The average Bonchev–Trinajstić information content (AvgIpc) is 3.77. The Balaban J connectivity index is 0.953. The number of nitrogens with zero attached hydrogens (tertiary/aromatic N) is 1. The standard InChI is InChI=1S/C58H87N/c1-5-34(2)40-20-23-43(36(4)28-40)57-54-32-52-46-18-12-17-45-44(39-15-10-7-11-16-39)25-26-47(56(45)46)51(52)30-53(54)55-31-50(42-22-19-37(33-59)27-35(42)3)49-29-41(21-24-48(49)58(55)57)38-13-8-6-9-14-38/h12,17-18,34-43,47-58H,5-11,13-16,19-32H2,1-4H3. The highest BCUT2D eigenvalue weighted by Crippen LogP contribution is 2.72.